The minimum atomic E-state index is 0.696. The van der Waals surface area contributed by atoms with Crippen LogP contribution in [0, 0.1) is 23.2 Å². The zero-order valence-corrected chi connectivity index (χ0v) is 14.1. The van der Waals surface area contributed by atoms with Crippen LogP contribution >= 0.6 is 0 Å². The summed E-state index contributed by atoms with van der Waals surface area (Å²) in [6.45, 7) is 9.60. The average Bonchev–Trinajstić information content (AvgIpc) is 3.08. The number of piperidine rings is 1. The molecule has 3 heterocycles. The van der Waals surface area contributed by atoms with Crippen molar-refractivity contribution in [1.29, 1.82) is 0 Å². The van der Waals surface area contributed by atoms with Gasteiger partial charge < -0.3 is 14.7 Å². The van der Waals surface area contributed by atoms with Gasteiger partial charge in [0.05, 0.1) is 0 Å². The number of hydrogen-bond donors (Lipinski definition) is 0. The molecule has 0 amide bonds. The van der Waals surface area contributed by atoms with E-state index in [9.17, 15) is 0 Å². The molecule has 1 aliphatic carbocycles. The molecular weight excluding hydrogens is 258 g/mol. The summed E-state index contributed by atoms with van der Waals surface area (Å²) in [5, 5.41) is 0. The molecule has 120 valence electrons. The highest BCUT2D eigenvalue weighted by Gasteiger charge is 2.43. The second kappa shape index (κ2) is 5.50. The van der Waals surface area contributed by atoms with Crippen molar-refractivity contribution in [2.45, 2.75) is 32.1 Å². The molecule has 0 N–H and O–H groups in total. The van der Waals surface area contributed by atoms with Gasteiger partial charge in [-0.15, -0.1) is 0 Å². The number of nitrogens with zero attached hydrogens (tertiary/aromatic N) is 3. The fourth-order valence-corrected chi connectivity index (χ4v) is 5.86. The maximum Gasteiger partial charge on any atom is 0.00395 e. The lowest BCUT2D eigenvalue weighted by atomic mass is 9.78. The minimum absolute atomic E-state index is 0.696. The molecule has 3 saturated heterocycles. The van der Waals surface area contributed by atoms with Gasteiger partial charge in [0.2, 0.25) is 0 Å². The van der Waals surface area contributed by atoms with Crippen LogP contribution < -0.4 is 0 Å². The molecule has 2 atom stereocenters. The fraction of sp³-hybridized carbons (Fsp3) is 1.00. The van der Waals surface area contributed by atoms with Gasteiger partial charge in [0.1, 0.15) is 0 Å². The molecule has 0 aromatic heterocycles. The summed E-state index contributed by atoms with van der Waals surface area (Å²) in [5.74, 6) is 3.06. The molecule has 4 aliphatic rings. The number of likely N-dealkylation sites (tertiary alicyclic amines) is 3. The van der Waals surface area contributed by atoms with E-state index in [2.05, 4.69) is 28.8 Å². The molecule has 0 aromatic rings. The Bertz CT molecular complexity index is 361. The van der Waals surface area contributed by atoms with Crippen LogP contribution in [0.15, 0.2) is 0 Å². The first-order valence-corrected chi connectivity index (χ1v) is 9.21. The molecule has 4 fully saturated rings. The first-order chi connectivity index (χ1) is 10.1. The minimum Gasteiger partial charge on any atom is -0.306 e. The molecule has 2 unspecified atom stereocenters. The smallest absolute Gasteiger partial charge is 0.00395 e. The van der Waals surface area contributed by atoms with Crippen molar-refractivity contribution in [2.24, 2.45) is 23.2 Å². The average molecular weight is 291 g/mol. The quantitative estimate of drug-likeness (QED) is 0.770. The molecule has 3 aliphatic heterocycles. The largest absolute Gasteiger partial charge is 0.306 e. The van der Waals surface area contributed by atoms with E-state index < -0.39 is 0 Å². The third kappa shape index (κ3) is 2.89. The highest BCUT2D eigenvalue weighted by atomic mass is 15.2. The number of rotatable bonds is 2. The van der Waals surface area contributed by atoms with Crippen molar-refractivity contribution >= 4 is 0 Å². The molecule has 3 heteroatoms. The first-order valence-electron chi connectivity index (χ1n) is 9.21. The molecule has 1 saturated carbocycles. The predicted molar refractivity (Wildman–Crippen MR) is 87.4 cm³/mol. The van der Waals surface area contributed by atoms with E-state index in [1.165, 1.54) is 77.9 Å². The molecule has 0 aromatic carbocycles. The molecule has 0 radical (unpaired) electrons. The monoisotopic (exact) mass is 291 g/mol. The number of fused-ring (bicyclic) bond motifs is 1. The van der Waals surface area contributed by atoms with Crippen molar-refractivity contribution in [2.75, 3.05) is 59.9 Å². The van der Waals surface area contributed by atoms with Gasteiger partial charge in [0.25, 0.3) is 0 Å². The lowest BCUT2D eigenvalue weighted by Gasteiger charge is -2.38. The van der Waals surface area contributed by atoms with Crippen LogP contribution in [-0.4, -0.2) is 74.6 Å². The second-order valence-corrected chi connectivity index (χ2v) is 8.87. The Morgan fingerprint density at radius 2 is 1.48 bits per heavy atom. The third-order valence-corrected chi connectivity index (χ3v) is 7.11. The van der Waals surface area contributed by atoms with E-state index in [1.54, 1.807) is 0 Å². The van der Waals surface area contributed by atoms with Crippen LogP contribution in [-0.2, 0) is 0 Å². The Kier molecular flexibility index (Phi) is 3.79. The normalized spacial score (nSPS) is 41.1. The van der Waals surface area contributed by atoms with Gasteiger partial charge in [0.15, 0.2) is 0 Å². The van der Waals surface area contributed by atoms with Crippen LogP contribution in [0.25, 0.3) is 0 Å². The van der Waals surface area contributed by atoms with Crippen molar-refractivity contribution in [3.05, 3.63) is 0 Å². The van der Waals surface area contributed by atoms with Crippen LogP contribution in [0.1, 0.15) is 32.1 Å². The number of hydrogen-bond acceptors (Lipinski definition) is 3. The van der Waals surface area contributed by atoms with Crippen LogP contribution in [0.3, 0.4) is 0 Å². The van der Waals surface area contributed by atoms with Gasteiger partial charge in [-0.25, -0.2) is 0 Å². The molecule has 21 heavy (non-hydrogen) atoms. The Hall–Kier alpha value is -0.120. The highest BCUT2D eigenvalue weighted by molar-refractivity contribution is 4.96. The summed E-state index contributed by atoms with van der Waals surface area (Å²) in [4.78, 5) is 7.90. The standard InChI is InChI=1S/C18H33N3/c1-19-6-3-18(4-7-19)5-8-21(14-18)11-15-9-16-12-20(2)13-17(16)10-15/h15-17H,3-14H2,1-2H3. The van der Waals surface area contributed by atoms with Crippen molar-refractivity contribution in [3.8, 4) is 0 Å². The summed E-state index contributed by atoms with van der Waals surface area (Å²) in [7, 11) is 4.59. The summed E-state index contributed by atoms with van der Waals surface area (Å²) in [6, 6.07) is 0. The predicted octanol–water partition coefficient (Wildman–Crippen LogP) is 1.99. The van der Waals surface area contributed by atoms with Crippen LogP contribution in [0.4, 0.5) is 0 Å². The van der Waals surface area contributed by atoms with Gasteiger partial charge in [-0.05, 0) is 89.0 Å². The van der Waals surface area contributed by atoms with E-state index >= 15 is 0 Å². The lowest BCUT2D eigenvalue weighted by molar-refractivity contribution is 0.122. The van der Waals surface area contributed by atoms with Gasteiger partial charge in [-0.2, -0.15) is 0 Å². The van der Waals surface area contributed by atoms with Gasteiger partial charge in [-0.1, -0.05) is 0 Å². The van der Waals surface area contributed by atoms with E-state index in [-0.39, 0.29) is 0 Å². The third-order valence-electron chi connectivity index (χ3n) is 7.11. The van der Waals surface area contributed by atoms with Crippen LogP contribution in [0.5, 0.6) is 0 Å². The zero-order chi connectivity index (χ0) is 14.4. The first kappa shape index (κ1) is 14.5. The highest BCUT2D eigenvalue weighted by Crippen LogP contribution is 2.44. The summed E-state index contributed by atoms with van der Waals surface area (Å²) >= 11 is 0. The van der Waals surface area contributed by atoms with E-state index in [0.717, 1.165) is 17.8 Å². The van der Waals surface area contributed by atoms with Crippen molar-refractivity contribution in [1.82, 2.24) is 14.7 Å². The Labute approximate surface area is 130 Å². The molecule has 3 nitrogen and oxygen atoms in total. The van der Waals surface area contributed by atoms with Crippen LogP contribution in [0.2, 0.25) is 0 Å². The molecular formula is C18H33N3. The maximum atomic E-state index is 2.83. The summed E-state index contributed by atoms with van der Waals surface area (Å²) < 4.78 is 0. The van der Waals surface area contributed by atoms with E-state index in [4.69, 9.17) is 0 Å². The fourth-order valence-electron chi connectivity index (χ4n) is 5.86. The summed E-state index contributed by atoms with van der Waals surface area (Å²) in [6.07, 6.45) is 7.40. The van der Waals surface area contributed by atoms with Crippen molar-refractivity contribution in [3.63, 3.8) is 0 Å². The Morgan fingerprint density at radius 1 is 0.857 bits per heavy atom. The van der Waals surface area contributed by atoms with Crippen molar-refractivity contribution < 1.29 is 0 Å². The molecule has 0 bridgehead atoms. The van der Waals surface area contributed by atoms with Gasteiger partial charge >= 0.3 is 0 Å². The zero-order valence-electron chi connectivity index (χ0n) is 14.1. The maximum absolute atomic E-state index is 2.83. The summed E-state index contributed by atoms with van der Waals surface area (Å²) in [5.41, 5.74) is 0.696. The van der Waals surface area contributed by atoms with Gasteiger partial charge in [-0.3, -0.25) is 0 Å². The molecule has 4 rings (SSSR count). The Balaban J connectivity index is 1.28. The van der Waals surface area contributed by atoms with E-state index in [0.29, 0.717) is 5.41 Å². The second-order valence-electron chi connectivity index (χ2n) is 8.87. The molecule has 1 spiro atoms. The topological polar surface area (TPSA) is 9.72 Å². The lowest BCUT2D eigenvalue weighted by Crippen LogP contribution is -2.40. The SMILES string of the molecule is CN1CCC2(CC1)CCN(CC1CC3CN(C)CC3C1)C2. The van der Waals surface area contributed by atoms with E-state index in [1.807, 2.05) is 0 Å². The Morgan fingerprint density at radius 3 is 2.14 bits per heavy atom. The van der Waals surface area contributed by atoms with Gasteiger partial charge in [0, 0.05) is 26.2 Å².